The molecule has 134 valence electrons. The minimum Gasteiger partial charge on any atom is -0.355 e. The van der Waals surface area contributed by atoms with E-state index in [1.54, 1.807) is 16.9 Å². The zero-order valence-electron chi connectivity index (χ0n) is 14.4. The van der Waals surface area contributed by atoms with Gasteiger partial charge in [0.1, 0.15) is 12.1 Å². The Morgan fingerprint density at radius 2 is 2.04 bits per heavy atom. The van der Waals surface area contributed by atoms with Gasteiger partial charge in [-0.3, -0.25) is 4.79 Å². The van der Waals surface area contributed by atoms with E-state index in [2.05, 4.69) is 25.5 Å². The fraction of sp³-hybridized carbons (Fsp3) is 0.333. The van der Waals surface area contributed by atoms with Gasteiger partial charge in [-0.15, -0.1) is 15.3 Å². The van der Waals surface area contributed by atoms with Crippen LogP contribution in [-0.2, 0) is 4.79 Å². The lowest BCUT2D eigenvalue weighted by molar-refractivity contribution is -0.120. The summed E-state index contributed by atoms with van der Waals surface area (Å²) in [7, 11) is 0. The Labute approximate surface area is 156 Å². The number of aryl methyl sites for hydroxylation is 1. The normalized spacial score (nSPS) is 15.4. The van der Waals surface area contributed by atoms with Crippen molar-refractivity contribution < 1.29 is 4.79 Å². The van der Waals surface area contributed by atoms with Crippen molar-refractivity contribution in [1.29, 1.82) is 0 Å². The molecule has 1 aliphatic heterocycles. The minimum atomic E-state index is -0.00929. The van der Waals surface area contributed by atoms with Gasteiger partial charge in [-0.05, 0) is 49.6 Å². The monoisotopic (exact) mass is 370 g/mol. The quantitative estimate of drug-likeness (QED) is 0.767. The first-order valence-corrected chi connectivity index (χ1v) is 8.97. The smallest absolute Gasteiger partial charge is 0.227 e. The van der Waals surface area contributed by atoms with Crippen molar-refractivity contribution >= 4 is 34.7 Å². The highest BCUT2D eigenvalue weighted by Crippen LogP contribution is 2.25. The predicted octanol–water partition coefficient (Wildman–Crippen LogP) is 2.94. The van der Waals surface area contributed by atoms with Gasteiger partial charge in [0.05, 0.1) is 0 Å². The third-order valence-electron chi connectivity index (χ3n) is 4.78. The van der Waals surface area contributed by atoms with Crippen molar-refractivity contribution in [1.82, 2.24) is 19.8 Å². The number of anilines is 2. The average molecular weight is 371 g/mol. The predicted molar refractivity (Wildman–Crippen MR) is 101 cm³/mol. The number of piperidine rings is 1. The van der Waals surface area contributed by atoms with Crippen LogP contribution in [0.15, 0.2) is 36.7 Å². The molecule has 1 N–H and O–H groups in total. The third-order valence-corrected chi connectivity index (χ3v) is 5.18. The van der Waals surface area contributed by atoms with Crippen molar-refractivity contribution in [2.45, 2.75) is 19.8 Å². The fourth-order valence-electron chi connectivity index (χ4n) is 3.17. The Morgan fingerprint density at radius 1 is 1.23 bits per heavy atom. The molecule has 0 atom stereocenters. The van der Waals surface area contributed by atoms with Crippen LogP contribution in [0.4, 0.5) is 11.5 Å². The second-order valence-electron chi connectivity index (χ2n) is 6.54. The molecule has 0 bridgehead atoms. The second-order valence-corrected chi connectivity index (χ2v) is 6.95. The van der Waals surface area contributed by atoms with Crippen LogP contribution in [0.1, 0.15) is 18.4 Å². The van der Waals surface area contributed by atoms with Gasteiger partial charge < -0.3 is 10.2 Å². The molecule has 4 rings (SSSR count). The molecule has 8 heteroatoms. The lowest BCUT2D eigenvalue weighted by Crippen LogP contribution is -2.38. The van der Waals surface area contributed by atoms with Crippen LogP contribution in [0, 0.1) is 12.8 Å². The maximum absolute atomic E-state index is 12.5. The van der Waals surface area contributed by atoms with Crippen LogP contribution >= 0.6 is 11.6 Å². The standard InChI is InChI=1S/C18H19ClN6O/c1-12-2-3-14(10-15(12)19)21-18(26)13-6-8-24(9-7-13)17-5-4-16-22-20-11-25(16)23-17/h2-5,10-11,13H,6-9H2,1H3,(H,21,26). The summed E-state index contributed by atoms with van der Waals surface area (Å²) in [6.07, 6.45) is 3.16. The number of halogens is 1. The van der Waals surface area contributed by atoms with E-state index in [1.807, 2.05) is 31.2 Å². The Kier molecular flexibility index (Phi) is 4.46. The summed E-state index contributed by atoms with van der Waals surface area (Å²) in [5.74, 6) is 0.915. The number of nitrogens with one attached hydrogen (secondary N) is 1. The number of carbonyl (C=O) groups is 1. The highest BCUT2D eigenvalue weighted by atomic mass is 35.5. The summed E-state index contributed by atoms with van der Waals surface area (Å²) in [4.78, 5) is 14.7. The number of fused-ring (bicyclic) bond motifs is 1. The summed E-state index contributed by atoms with van der Waals surface area (Å²) in [5, 5.41) is 16.0. The second kappa shape index (κ2) is 6.92. The van der Waals surface area contributed by atoms with Crippen molar-refractivity contribution in [3.8, 4) is 0 Å². The largest absolute Gasteiger partial charge is 0.355 e. The van der Waals surface area contributed by atoms with Gasteiger partial charge in [-0.2, -0.15) is 4.52 Å². The van der Waals surface area contributed by atoms with Crippen LogP contribution in [0.5, 0.6) is 0 Å². The van der Waals surface area contributed by atoms with E-state index in [4.69, 9.17) is 11.6 Å². The van der Waals surface area contributed by atoms with Crippen molar-refractivity contribution in [2.75, 3.05) is 23.3 Å². The molecule has 1 fully saturated rings. The number of aromatic nitrogens is 4. The van der Waals surface area contributed by atoms with Crippen LogP contribution in [0.25, 0.3) is 5.65 Å². The number of benzene rings is 1. The Morgan fingerprint density at radius 3 is 2.81 bits per heavy atom. The highest BCUT2D eigenvalue weighted by molar-refractivity contribution is 6.31. The lowest BCUT2D eigenvalue weighted by Gasteiger charge is -2.32. The molecule has 2 aromatic heterocycles. The zero-order chi connectivity index (χ0) is 18.1. The van der Waals surface area contributed by atoms with Gasteiger partial charge in [0.15, 0.2) is 5.65 Å². The number of carbonyl (C=O) groups excluding carboxylic acids is 1. The number of amides is 1. The summed E-state index contributed by atoms with van der Waals surface area (Å²) >= 11 is 6.13. The fourth-order valence-corrected chi connectivity index (χ4v) is 3.35. The molecule has 1 aliphatic rings. The summed E-state index contributed by atoms with van der Waals surface area (Å²) in [6.45, 7) is 3.51. The van der Waals surface area contributed by atoms with Crippen molar-refractivity contribution in [2.24, 2.45) is 5.92 Å². The van der Waals surface area contributed by atoms with E-state index in [1.165, 1.54) is 0 Å². The number of rotatable bonds is 3. The molecule has 0 radical (unpaired) electrons. The van der Waals surface area contributed by atoms with Crippen LogP contribution < -0.4 is 10.2 Å². The summed E-state index contributed by atoms with van der Waals surface area (Å²) < 4.78 is 1.66. The molecule has 1 amide bonds. The van der Waals surface area contributed by atoms with Gasteiger partial charge in [0, 0.05) is 29.7 Å². The number of hydrogen-bond donors (Lipinski definition) is 1. The van der Waals surface area contributed by atoms with Crippen LogP contribution in [0.2, 0.25) is 5.02 Å². The first-order valence-electron chi connectivity index (χ1n) is 8.59. The van der Waals surface area contributed by atoms with Gasteiger partial charge in [0.2, 0.25) is 5.91 Å². The Balaban J connectivity index is 1.37. The molecule has 3 heterocycles. The van der Waals surface area contributed by atoms with E-state index in [9.17, 15) is 4.79 Å². The molecule has 0 unspecified atom stereocenters. The Bertz CT molecular complexity index is 948. The third kappa shape index (κ3) is 3.35. The van der Waals surface area contributed by atoms with Gasteiger partial charge in [0.25, 0.3) is 0 Å². The molecule has 3 aromatic rings. The first-order chi connectivity index (χ1) is 12.6. The van der Waals surface area contributed by atoms with Crippen molar-refractivity contribution in [3.05, 3.63) is 47.2 Å². The van der Waals surface area contributed by atoms with Crippen molar-refractivity contribution in [3.63, 3.8) is 0 Å². The molecular weight excluding hydrogens is 352 g/mol. The average Bonchev–Trinajstić information content (AvgIpc) is 3.12. The van der Waals surface area contributed by atoms with E-state index in [0.29, 0.717) is 5.02 Å². The maximum Gasteiger partial charge on any atom is 0.227 e. The molecule has 1 aromatic carbocycles. The Hall–Kier alpha value is -2.67. The molecular formula is C18H19ClN6O. The molecule has 7 nitrogen and oxygen atoms in total. The van der Waals surface area contributed by atoms with E-state index in [0.717, 1.165) is 48.6 Å². The SMILES string of the molecule is Cc1ccc(NC(=O)C2CCN(c3ccc4nncn4n3)CC2)cc1Cl. The summed E-state index contributed by atoms with van der Waals surface area (Å²) in [5.41, 5.74) is 2.46. The topological polar surface area (TPSA) is 75.4 Å². The van der Waals surface area contributed by atoms with E-state index in [-0.39, 0.29) is 11.8 Å². The van der Waals surface area contributed by atoms with Gasteiger partial charge >= 0.3 is 0 Å². The maximum atomic E-state index is 12.5. The minimum absolute atomic E-state index is 0.00929. The van der Waals surface area contributed by atoms with Gasteiger partial charge in [-0.1, -0.05) is 17.7 Å². The lowest BCUT2D eigenvalue weighted by atomic mass is 9.96. The van der Waals surface area contributed by atoms with E-state index < -0.39 is 0 Å². The highest BCUT2D eigenvalue weighted by Gasteiger charge is 2.26. The van der Waals surface area contributed by atoms with Crippen LogP contribution in [-0.4, -0.2) is 38.8 Å². The van der Waals surface area contributed by atoms with Gasteiger partial charge in [-0.25, -0.2) is 0 Å². The number of hydrogen-bond acceptors (Lipinski definition) is 5. The van der Waals surface area contributed by atoms with E-state index >= 15 is 0 Å². The number of nitrogens with zero attached hydrogens (tertiary/aromatic N) is 5. The van der Waals surface area contributed by atoms with Crippen LogP contribution in [0.3, 0.4) is 0 Å². The molecule has 26 heavy (non-hydrogen) atoms. The molecule has 1 saturated heterocycles. The first kappa shape index (κ1) is 16.8. The summed E-state index contributed by atoms with van der Waals surface area (Å²) in [6, 6.07) is 9.43. The molecule has 0 saturated carbocycles. The zero-order valence-corrected chi connectivity index (χ0v) is 15.1. The molecule has 0 aliphatic carbocycles. The molecule has 0 spiro atoms.